The van der Waals surface area contributed by atoms with Gasteiger partial charge >= 0.3 is 0 Å². The minimum Gasteiger partial charge on any atom is -0.355 e. The summed E-state index contributed by atoms with van der Waals surface area (Å²) in [6, 6.07) is -0.445. The summed E-state index contributed by atoms with van der Waals surface area (Å²) in [5, 5.41) is 9.39. The molecule has 0 radical (unpaired) electrons. The standard InChI is InChI=1S/C25H42N6O2/c26-21-13-7-4-8-14-22-20(23(32)29-17-19-11-5-3-6-12-19)18-30-25(31-22)28-16-10-2-1-9-15-27-24(21)33/h18-19,21H,1-17,26H2,(H,27,33)(H,29,32)(H,28,30,31)/t21-/m0/s1. The lowest BCUT2D eigenvalue weighted by atomic mass is 9.89. The van der Waals surface area contributed by atoms with Gasteiger partial charge in [0.25, 0.3) is 5.91 Å². The normalized spacial score (nSPS) is 22.3. The molecule has 0 spiro atoms. The van der Waals surface area contributed by atoms with Crippen LogP contribution in [0.2, 0.25) is 0 Å². The second-order valence-corrected chi connectivity index (χ2v) is 9.61. The third kappa shape index (κ3) is 8.91. The molecule has 2 amide bonds. The summed E-state index contributed by atoms with van der Waals surface area (Å²) >= 11 is 0. The largest absolute Gasteiger partial charge is 0.355 e. The number of carbonyl (C=O) groups excluding carboxylic acids is 2. The number of rotatable bonds is 3. The van der Waals surface area contributed by atoms with E-state index >= 15 is 0 Å². The Balaban J connectivity index is 1.61. The predicted octanol–water partition coefficient (Wildman–Crippen LogP) is 3.32. The molecule has 8 heteroatoms. The Kier molecular flexibility index (Phi) is 10.9. The fraction of sp³-hybridized carbons (Fsp3) is 0.760. The number of anilines is 1. The summed E-state index contributed by atoms with van der Waals surface area (Å²) in [5.41, 5.74) is 7.43. The first-order chi connectivity index (χ1) is 16.1. The van der Waals surface area contributed by atoms with Crippen molar-refractivity contribution in [3.63, 3.8) is 0 Å². The number of nitrogens with one attached hydrogen (secondary N) is 3. The number of nitrogens with zero attached hydrogens (tertiary/aromatic N) is 2. The summed E-state index contributed by atoms with van der Waals surface area (Å²) < 4.78 is 0. The summed E-state index contributed by atoms with van der Waals surface area (Å²) in [4.78, 5) is 34.2. The highest BCUT2D eigenvalue weighted by Gasteiger charge is 2.18. The van der Waals surface area contributed by atoms with Gasteiger partial charge in [-0.05, 0) is 50.9 Å². The summed E-state index contributed by atoms with van der Waals surface area (Å²) in [5.74, 6) is 1.07. The number of nitrogens with two attached hydrogens (primary N) is 1. The maximum absolute atomic E-state index is 12.9. The highest BCUT2D eigenvalue weighted by Crippen LogP contribution is 2.23. The molecule has 0 unspecified atom stereocenters. The Labute approximate surface area is 198 Å². The molecule has 33 heavy (non-hydrogen) atoms. The fourth-order valence-electron chi connectivity index (χ4n) is 4.72. The average molecular weight is 459 g/mol. The number of aromatic nitrogens is 2. The topological polar surface area (TPSA) is 122 Å². The third-order valence-corrected chi connectivity index (χ3v) is 6.84. The van der Waals surface area contributed by atoms with Gasteiger partial charge in [0.05, 0.1) is 17.3 Å². The van der Waals surface area contributed by atoms with Crippen LogP contribution in [0.15, 0.2) is 6.20 Å². The van der Waals surface area contributed by atoms with Gasteiger partial charge in [0.15, 0.2) is 0 Å². The molecule has 8 nitrogen and oxygen atoms in total. The molecular formula is C25H42N6O2. The first-order valence-corrected chi connectivity index (χ1v) is 13.0. The van der Waals surface area contributed by atoms with Gasteiger partial charge in [-0.15, -0.1) is 0 Å². The van der Waals surface area contributed by atoms with E-state index in [1.165, 1.54) is 32.1 Å². The summed E-state index contributed by atoms with van der Waals surface area (Å²) in [6.07, 6.45) is 16.1. The molecule has 2 heterocycles. The van der Waals surface area contributed by atoms with Gasteiger partial charge in [-0.1, -0.05) is 44.9 Å². The van der Waals surface area contributed by atoms with E-state index < -0.39 is 6.04 Å². The van der Waals surface area contributed by atoms with Crippen molar-refractivity contribution in [2.24, 2.45) is 11.7 Å². The van der Waals surface area contributed by atoms with E-state index in [2.05, 4.69) is 20.9 Å². The van der Waals surface area contributed by atoms with E-state index in [0.717, 1.165) is 63.7 Å². The summed E-state index contributed by atoms with van der Waals surface area (Å²) in [7, 11) is 0. The molecule has 1 aliphatic heterocycles. The second-order valence-electron chi connectivity index (χ2n) is 9.61. The fourth-order valence-corrected chi connectivity index (χ4v) is 4.72. The maximum atomic E-state index is 12.9. The lowest BCUT2D eigenvalue weighted by Gasteiger charge is -2.22. The highest BCUT2D eigenvalue weighted by molar-refractivity contribution is 5.95. The van der Waals surface area contributed by atoms with E-state index in [1.807, 2.05) is 0 Å². The summed E-state index contributed by atoms with van der Waals surface area (Å²) in [6.45, 7) is 2.22. The molecule has 1 aromatic heterocycles. The van der Waals surface area contributed by atoms with Crippen LogP contribution in [-0.2, 0) is 11.2 Å². The first kappa shape index (κ1) is 25.4. The molecule has 2 aliphatic rings. The van der Waals surface area contributed by atoms with Crippen molar-refractivity contribution in [2.75, 3.05) is 25.0 Å². The van der Waals surface area contributed by atoms with Gasteiger partial charge in [0, 0.05) is 25.8 Å². The number of fused-ring (bicyclic) bond motifs is 2. The van der Waals surface area contributed by atoms with Gasteiger partial charge in [-0.3, -0.25) is 9.59 Å². The molecule has 0 aromatic carbocycles. The SMILES string of the molecule is N[C@H]1CCCCCc2nc(ncc2C(=O)NCC2CCCCC2)NCCCCCCNC1=O. The minimum atomic E-state index is -0.445. The van der Waals surface area contributed by atoms with Crippen LogP contribution in [0.1, 0.15) is 99.5 Å². The molecule has 3 rings (SSSR count). The van der Waals surface area contributed by atoms with Crippen LogP contribution in [0.5, 0.6) is 0 Å². The Morgan fingerprint density at radius 1 is 0.939 bits per heavy atom. The van der Waals surface area contributed by atoms with Crippen molar-refractivity contribution < 1.29 is 9.59 Å². The van der Waals surface area contributed by atoms with Crippen LogP contribution >= 0.6 is 0 Å². The molecule has 5 N–H and O–H groups in total. The molecule has 2 bridgehead atoms. The third-order valence-electron chi connectivity index (χ3n) is 6.84. The molecule has 1 saturated carbocycles. The van der Waals surface area contributed by atoms with Gasteiger partial charge in [-0.2, -0.15) is 0 Å². The Hall–Kier alpha value is -2.22. The molecule has 1 atom stereocenters. The van der Waals surface area contributed by atoms with E-state index in [4.69, 9.17) is 10.7 Å². The second kappa shape index (κ2) is 14.1. The van der Waals surface area contributed by atoms with Gasteiger partial charge in [0.2, 0.25) is 11.9 Å². The van der Waals surface area contributed by atoms with E-state index in [9.17, 15) is 9.59 Å². The van der Waals surface area contributed by atoms with Crippen molar-refractivity contribution in [2.45, 2.75) is 95.9 Å². The number of aryl methyl sites for hydroxylation is 1. The molecule has 1 aromatic rings. The van der Waals surface area contributed by atoms with Crippen molar-refractivity contribution in [3.05, 3.63) is 17.5 Å². The lowest BCUT2D eigenvalue weighted by Crippen LogP contribution is -2.40. The van der Waals surface area contributed by atoms with Crippen molar-refractivity contribution in [3.8, 4) is 0 Å². The first-order valence-electron chi connectivity index (χ1n) is 13.0. The van der Waals surface area contributed by atoms with Crippen molar-refractivity contribution in [1.82, 2.24) is 20.6 Å². The number of amides is 2. The van der Waals surface area contributed by atoms with Crippen molar-refractivity contribution >= 4 is 17.8 Å². The Morgan fingerprint density at radius 3 is 2.39 bits per heavy atom. The van der Waals surface area contributed by atoms with Crippen molar-refractivity contribution in [1.29, 1.82) is 0 Å². The highest BCUT2D eigenvalue weighted by atomic mass is 16.2. The number of hydrogen-bond donors (Lipinski definition) is 4. The maximum Gasteiger partial charge on any atom is 0.254 e. The van der Waals surface area contributed by atoms with Gasteiger partial charge in [0.1, 0.15) is 0 Å². The molecule has 1 aliphatic carbocycles. The van der Waals surface area contributed by atoms with E-state index in [-0.39, 0.29) is 11.8 Å². The average Bonchev–Trinajstić information content (AvgIpc) is 2.84. The number of carbonyl (C=O) groups is 2. The molecular weight excluding hydrogens is 416 g/mol. The van der Waals surface area contributed by atoms with Crippen LogP contribution in [0.4, 0.5) is 5.95 Å². The quantitative estimate of drug-likeness (QED) is 0.551. The van der Waals surface area contributed by atoms with Crippen LogP contribution in [0.25, 0.3) is 0 Å². The monoisotopic (exact) mass is 458 g/mol. The van der Waals surface area contributed by atoms with E-state index in [0.29, 0.717) is 36.8 Å². The van der Waals surface area contributed by atoms with Gasteiger partial charge < -0.3 is 21.7 Å². The lowest BCUT2D eigenvalue weighted by molar-refractivity contribution is -0.122. The zero-order valence-electron chi connectivity index (χ0n) is 20.0. The molecule has 184 valence electrons. The minimum absolute atomic E-state index is 0.0462. The predicted molar refractivity (Wildman–Crippen MR) is 131 cm³/mol. The zero-order valence-corrected chi connectivity index (χ0v) is 20.0. The number of hydrogen-bond acceptors (Lipinski definition) is 6. The smallest absolute Gasteiger partial charge is 0.254 e. The molecule has 1 fully saturated rings. The Morgan fingerprint density at radius 2 is 1.61 bits per heavy atom. The van der Waals surface area contributed by atoms with Crippen LogP contribution < -0.4 is 21.7 Å². The van der Waals surface area contributed by atoms with Crippen LogP contribution in [0, 0.1) is 5.92 Å². The van der Waals surface area contributed by atoms with Crippen LogP contribution in [-0.4, -0.2) is 47.5 Å². The Bertz CT molecular complexity index is 750. The van der Waals surface area contributed by atoms with Crippen LogP contribution in [0.3, 0.4) is 0 Å². The van der Waals surface area contributed by atoms with Gasteiger partial charge in [-0.25, -0.2) is 9.97 Å². The zero-order chi connectivity index (χ0) is 23.3. The van der Waals surface area contributed by atoms with E-state index in [1.54, 1.807) is 6.20 Å². The molecule has 0 saturated heterocycles.